The summed E-state index contributed by atoms with van der Waals surface area (Å²) in [7, 11) is 0. The number of hydrogen-bond acceptors (Lipinski definition) is 7. The number of nitrogens with zero attached hydrogens (tertiary/aromatic N) is 6. The Morgan fingerprint density at radius 2 is 1.74 bits per heavy atom. The van der Waals surface area contributed by atoms with E-state index in [0.29, 0.717) is 30.3 Å². The van der Waals surface area contributed by atoms with E-state index in [0.717, 1.165) is 24.5 Å². The molecule has 3 aromatic heterocycles. The van der Waals surface area contributed by atoms with Crippen molar-refractivity contribution in [2.45, 2.75) is 0 Å². The van der Waals surface area contributed by atoms with Gasteiger partial charge in [-0.05, 0) is 24.3 Å². The van der Waals surface area contributed by atoms with Crippen molar-refractivity contribution in [3.05, 3.63) is 64.8 Å². The van der Waals surface area contributed by atoms with Crippen LogP contribution in [0.25, 0.3) is 11.3 Å². The van der Waals surface area contributed by atoms with Gasteiger partial charge < -0.3 is 9.80 Å². The quantitative estimate of drug-likeness (QED) is 0.754. The smallest absolute Gasteiger partial charge is 0.252 e. The fourth-order valence-corrected chi connectivity index (χ4v) is 3.07. The Labute approximate surface area is 155 Å². The highest BCUT2D eigenvalue weighted by atomic mass is 16.1. The van der Waals surface area contributed by atoms with Crippen LogP contribution in [0.5, 0.6) is 0 Å². The number of piperazine rings is 1. The van der Waals surface area contributed by atoms with Crippen molar-refractivity contribution < 1.29 is 0 Å². The van der Waals surface area contributed by atoms with Gasteiger partial charge in [0.1, 0.15) is 5.82 Å². The van der Waals surface area contributed by atoms with E-state index in [9.17, 15) is 4.79 Å². The van der Waals surface area contributed by atoms with E-state index < -0.39 is 0 Å². The number of pyridine rings is 2. The second-order valence-electron chi connectivity index (χ2n) is 6.18. The van der Waals surface area contributed by atoms with E-state index in [2.05, 4.69) is 35.8 Å². The fraction of sp³-hybridized carbons (Fsp3) is 0.211. The minimum Gasteiger partial charge on any atom is -0.353 e. The van der Waals surface area contributed by atoms with Crippen molar-refractivity contribution in [2.75, 3.05) is 36.0 Å². The molecule has 0 radical (unpaired) electrons. The molecular formula is C19H17N7O. The van der Waals surface area contributed by atoms with Gasteiger partial charge in [-0.3, -0.25) is 14.8 Å². The molecule has 8 nitrogen and oxygen atoms in total. The van der Waals surface area contributed by atoms with E-state index in [1.165, 1.54) is 6.07 Å². The van der Waals surface area contributed by atoms with Crippen LogP contribution in [-0.4, -0.2) is 46.1 Å². The molecule has 27 heavy (non-hydrogen) atoms. The van der Waals surface area contributed by atoms with Crippen LogP contribution >= 0.6 is 0 Å². The van der Waals surface area contributed by atoms with Crippen LogP contribution in [-0.2, 0) is 0 Å². The Bertz CT molecular complexity index is 1030. The molecule has 0 saturated carbocycles. The van der Waals surface area contributed by atoms with Gasteiger partial charge in [-0.25, -0.2) is 9.97 Å². The minimum absolute atomic E-state index is 0.183. The molecule has 1 aliphatic rings. The summed E-state index contributed by atoms with van der Waals surface area (Å²) in [6.07, 6.45) is 5.01. The van der Waals surface area contributed by atoms with Crippen LogP contribution in [0.2, 0.25) is 0 Å². The Kier molecular flexibility index (Phi) is 4.49. The maximum atomic E-state index is 12.1. The lowest BCUT2D eigenvalue weighted by molar-refractivity contribution is 0.634. The van der Waals surface area contributed by atoms with Crippen LogP contribution in [0.3, 0.4) is 0 Å². The summed E-state index contributed by atoms with van der Waals surface area (Å²) < 4.78 is 0. The maximum Gasteiger partial charge on any atom is 0.252 e. The summed E-state index contributed by atoms with van der Waals surface area (Å²) in [5, 5.41) is 9.05. The normalized spacial score (nSPS) is 14.0. The van der Waals surface area contributed by atoms with Gasteiger partial charge in [0, 0.05) is 56.4 Å². The molecule has 0 aliphatic carbocycles. The van der Waals surface area contributed by atoms with Gasteiger partial charge in [0.25, 0.3) is 5.56 Å². The first-order valence-corrected chi connectivity index (χ1v) is 8.61. The highest BCUT2D eigenvalue weighted by Gasteiger charge is 2.20. The summed E-state index contributed by atoms with van der Waals surface area (Å²) in [5.74, 6) is 1.35. The Balaban J connectivity index is 1.52. The van der Waals surface area contributed by atoms with Gasteiger partial charge >= 0.3 is 0 Å². The number of aromatic amines is 1. The molecule has 0 atom stereocenters. The van der Waals surface area contributed by atoms with Gasteiger partial charge in [0.15, 0.2) is 0 Å². The van der Waals surface area contributed by atoms with Crippen LogP contribution in [0, 0.1) is 11.3 Å². The first-order valence-electron chi connectivity index (χ1n) is 8.61. The van der Waals surface area contributed by atoms with Crippen molar-refractivity contribution >= 4 is 11.8 Å². The van der Waals surface area contributed by atoms with Crippen molar-refractivity contribution in [2.24, 2.45) is 0 Å². The summed E-state index contributed by atoms with van der Waals surface area (Å²) in [4.78, 5) is 32.1. The van der Waals surface area contributed by atoms with Crippen LogP contribution < -0.4 is 15.4 Å². The van der Waals surface area contributed by atoms with Crippen molar-refractivity contribution in [3.8, 4) is 17.3 Å². The van der Waals surface area contributed by atoms with Crippen molar-refractivity contribution in [1.29, 1.82) is 5.26 Å². The predicted molar refractivity (Wildman–Crippen MR) is 101 cm³/mol. The van der Waals surface area contributed by atoms with E-state index >= 15 is 0 Å². The number of rotatable bonds is 3. The highest BCUT2D eigenvalue weighted by molar-refractivity contribution is 5.59. The van der Waals surface area contributed by atoms with Gasteiger partial charge in [-0.1, -0.05) is 0 Å². The molecule has 8 heteroatoms. The van der Waals surface area contributed by atoms with E-state index in [4.69, 9.17) is 5.26 Å². The summed E-state index contributed by atoms with van der Waals surface area (Å²) in [5.41, 5.74) is 1.89. The number of hydrogen-bond donors (Lipinski definition) is 1. The molecule has 1 N–H and O–H groups in total. The van der Waals surface area contributed by atoms with E-state index in [-0.39, 0.29) is 5.56 Å². The zero-order chi connectivity index (χ0) is 18.6. The van der Waals surface area contributed by atoms with Crippen LogP contribution in [0.4, 0.5) is 11.8 Å². The molecule has 0 bridgehead atoms. The zero-order valence-electron chi connectivity index (χ0n) is 14.5. The Hall–Kier alpha value is -3.73. The third-order valence-electron chi connectivity index (χ3n) is 4.48. The lowest BCUT2D eigenvalue weighted by Crippen LogP contribution is -2.47. The maximum absolute atomic E-state index is 12.1. The summed E-state index contributed by atoms with van der Waals surface area (Å²) in [6.45, 7) is 2.85. The molecule has 1 fully saturated rings. The minimum atomic E-state index is -0.183. The molecule has 0 aromatic carbocycles. The molecule has 134 valence electrons. The second kappa shape index (κ2) is 7.25. The Morgan fingerprint density at radius 1 is 1.00 bits per heavy atom. The summed E-state index contributed by atoms with van der Waals surface area (Å²) in [6, 6.07) is 10.8. The van der Waals surface area contributed by atoms with E-state index in [1.54, 1.807) is 30.7 Å². The van der Waals surface area contributed by atoms with Crippen molar-refractivity contribution in [1.82, 2.24) is 19.9 Å². The number of H-pyrrole nitrogens is 1. The molecule has 0 unspecified atom stereocenters. The number of nitrogens with one attached hydrogen (secondary N) is 1. The zero-order valence-corrected chi connectivity index (χ0v) is 14.5. The van der Waals surface area contributed by atoms with Gasteiger partial charge in [0.2, 0.25) is 5.95 Å². The lowest BCUT2D eigenvalue weighted by atomic mass is 10.2. The largest absolute Gasteiger partial charge is 0.353 e. The first-order chi connectivity index (χ1) is 13.2. The molecule has 4 heterocycles. The number of anilines is 2. The summed E-state index contributed by atoms with van der Waals surface area (Å²) >= 11 is 0. The average Bonchev–Trinajstić information content (AvgIpc) is 2.74. The highest BCUT2D eigenvalue weighted by Crippen LogP contribution is 2.19. The molecule has 1 aliphatic heterocycles. The molecule has 0 spiro atoms. The number of nitriles is 1. The van der Waals surface area contributed by atoms with Gasteiger partial charge in [-0.15, -0.1) is 0 Å². The van der Waals surface area contributed by atoms with Gasteiger partial charge in [0.05, 0.1) is 17.3 Å². The monoisotopic (exact) mass is 359 g/mol. The lowest BCUT2D eigenvalue weighted by Gasteiger charge is -2.35. The van der Waals surface area contributed by atoms with Crippen LogP contribution in [0.1, 0.15) is 5.56 Å². The first kappa shape index (κ1) is 16.7. The predicted octanol–water partition coefficient (Wildman–Crippen LogP) is 1.43. The van der Waals surface area contributed by atoms with Gasteiger partial charge in [-0.2, -0.15) is 5.26 Å². The SMILES string of the molecule is N#Cc1ccnc(N2CCN(c3nc(-c4ccncc4)cc(=O)[nH]3)CC2)c1. The molecule has 3 aromatic rings. The third kappa shape index (κ3) is 3.62. The van der Waals surface area contributed by atoms with Crippen LogP contribution in [0.15, 0.2) is 53.7 Å². The third-order valence-corrected chi connectivity index (χ3v) is 4.48. The second-order valence-corrected chi connectivity index (χ2v) is 6.18. The van der Waals surface area contributed by atoms with Crippen molar-refractivity contribution in [3.63, 3.8) is 0 Å². The number of aromatic nitrogens is 4. The topological polar surface area (TPSA) is 102 Å². The fourth-order valence-electron chi connectivity index (χ4n) is 3.07. The molecule has 0 amide bonds. The standard InChI is InChI=1S/C19H17N7O/c20-13-14-1-6-22-17(11-14)25-7-9-26(10-8-25)19-23-16(12-18(27)24-19)15-2-4-21-5-3-15/h1-6,11-12H,7-10H2,(H,23,24,27). The Morgan fingerprint density at radius 3 is 2.48 bits per heavy atom. The molecule has 4 rings (SSSR count). The molecular weight excluding hydrogens is 342 g/mol. The average molecular weight is 359 g/mol. The molecule has 1 saturated heterocycles. The van der Waals surface area contributed by atoms with E-state index in [1.807, 2.05) is 12.1 Å².